The first-order valence-electron chi connectivity index (χ1n) is 7.13. The zero-order valence-electron chi connectivity index (χ0n) is 11.9. The topological polar surface area (TPSA) is 42.2 Å². The minimum absolute atomic E-state index is 0.537. The Morgan fingerprint density at radius 3 is 2.68 bits per heavy atom. The smallest absolute Gasteiger partial charge is 0.133 e. The van der Waals surface area contributed by atoms with Crippen molar-refractivity contribution in [2.24, 2.45) is 5.73 Å². The Morgan fingerprint density at radius 2 is 2.00 bits per heavy atom. The highest BCUT2D eigenvalue weighted by Crippen LogP contribution is 2.23. The standard InChI is InChI=1S/C16H23N3/c1-3-5-10-19(4-2)16-14(12-17)11-13-8-6-7-9-15(13)18-16/h6-9,11H,3-5,10,12,17H2,1-2H3. The van der Waals surface area contributed by atoms with Crippen molar-refractivity contribution >= 4 is 16.7 Å². The summed E-state index contributed by atoms with van der Waals surface area (Å²) in [5.74, 6) is 1.05. The second-order valence-electron chi connectivity index (χ2n) is 4.80. The molecule has 0 saturated carbocycles. The number of unbranched alkanes of at least 4 members (excludes halogenated alkanes) is 1. The van der Waals surface area contributed by atoms with E-state index in [1.807, 2.05) is 12.1 Å². The number of hydrogen-bond donors (Lipinski definition) is 1. The molecule has 3 heteroatoms. The largest absolute Gasteiger partial charge is 0.357 e. The molecule has 0 atom stereocenters. The van der Waals surface area contributed by atoms with E-state index in [1.165, 1.54) is 18.2 Å². The van der Waals surface area contributed by atoms with Gasteiger partial charge in [0.25, 0.3) is 0 Å². The fourth-order valence-corrected chi connectivity index (χ4v) is 2.34. The summed E-state index contributed by atoms with van der Waals surface area (Å²) < 4.78 is 0. The van der Waals surface area contributed by atoms with Gasteiger partial charge in [-0.05, 0) is 25.5 Å². The first-order chi connectivity index (χ1) is 9.30. The molecule has 1 heterocycles. The van der Waals surface area contributed by atoms with Crippen molar-refractivity contribution in [3.8, 4) is 0 Å². The fraction of sp³-hybridized carbons (Fsp3) is 0.438. The summed E-state index contributed by atoms with van der Waals surface area (Å²) in [6, 6.07) is 10.4. The average molecular weight is 257 g/mol. The Kier molecular flexibility index (Phi) is 4.74. The van der Waals surface area contributed by atoms with Crippen molar-refractivity contribution < 1.29 is 0 Å². The van der Waals surface area contributed by atoms with E-state index in [4.69, 9.17) is 10.7 Å². The van der Waals surface area contributed by atoms with Gasteiger partial charge < -0.3 is 10.6 Å². The Labute approximate surface area is 115 Å². The van der Waals surface area contributed by atoms with Gasteiger partial charge in [-0.2, -0.15) is 0 Å². The number of hydrogen-bond acceptors (Lipinski definition) is 3. The molecule has 3 nitrogen and oxygen atoms in total. The first kappa shape index (κ1) is 13.8. The summed E-state index contributed by atoms with van der Waals surface area (Å²) in [5.41, 5.74) is 8.08. The molecule has 0 amide bonds. The van der Waals surface area contributed by atoms with Gasteiger partial charge in [0.05, 0.1) is 5.52 Å². The summed E-state index contributed by atoms with van der Waals surface area (Å²) in [4.78, 5) is 7.15. The van der Waals surface area contributed by atoms with Crippen molar-refractivity contribution in [2.75, 3.05) is 18.0 Å². The van der Waals surface area contributed by atoms with Crippen LogP contribution in [0.5, 0.6) is 0 Å². The van der Waals surface area contributed by atoms with Crippen LogP contribution in [-0.4, -0.2) is 18.1 Å². The third-order valence-electron chi connectivity index (χ3n) is 3.46. The summed E-state index contributed by atoms with van der Waals surface area (Å²) in [6.45, 7) is 6.94. The van der Waals surface area contributed by atoms with E-state index >= 15 is 0 Å². The highest BCUT2D eigenvalue weighted by molar-refractivity contribution is 5.81. The SMILES string of the molecule is CCCCN(CC)c1nc2ccccc2cc1CN. The van der Waals surface area contributed by atoms with Crippen molar-refractivity contribution in [3.05, 3.63) is 35.9 Å². The lowest BCUT2D eigenvalue weighted by atomic mass is 10.1. The normalized spacial score (nSPS) is 10.9. The van der Waals surface area contributed by atoms with E-state index in [0.29, 0.717) is 6.54 Å². The van der Waals surface area contributed by atoms with Gasteiger partial charge in [-0.15, -0.1) is 0 Å². The van der Waals surface area contributed by atoms with E-state index in [-0.39, 0.29) is 0 Å². The van der Waals surface area contributed by atoms with Gasteiger partial charge in [0.15, 0.2) is 0 Å². The molecule has 0 aliphatic carbocycles. The van der Waals surface area contributed by atoms with Crippen LogP contribution in [0, 0.1) is 0 Å². The van der Waals surface area contributed by atoms with Gasteiger partial charge >= 0.3 is 0 Å². The molecule has 1 aromatic carbocycles. The molecule has 2 aromatic rings. The molecule has 19 heavy (non-hydrogen) atoms. The maximum absolute atomic E-state index is 5.90. The van der Waals surface area contributed by atoms with Gasteiger partial charge in [0.1, 0.15) is 5.82 Å². The number of aromatic nitrogens is 1. The molecule has 1 aromatic heterocycles. The predicted molar refractivity (Wildman–Crippen MR) is 82.4 cm³/mol. The molecular weight excluding hydrogens is 234 g/mol. The highest BCUT2D eigenvalue weighted by Gasteiger charge is 2.11. The number of pyridine rings is 1. The molecule has 2 rings (SSSR count). The summed E-state index contributed by atoms with van der Waals surface area (Å²) >= 11 is 0. The molecule has 0 fully saturated rings. The number of para-hydroxylation sites is 1. The lowest BCUT2D eigenvalue weighted by Gasteiger charge is -2.24. The molecule has 0 aliphatic heterocycles. The highest BCUT2D eigenvalue weighted by atomic mass is 15.2. The van der Waals surface area contributed by atoms with Crippen LogP contribution in [0.25, 0.3) is 10.9 Å². The number of nitrogens with two attached hydrogens (primary N) is 1. The third kappa shape index (κ3) is 3.04. The monoisotopic (exact) mass is 257 g/mol. The number of rotatable bonds is 6. The van der Waals surface area contributed by atoms with Crippen LogP contribution in [0.15, 0.2) is 30.3 Å². The molecule has 0 aliphatic rings. The van der Waals surface area contributed by atoms with Crippen molar-refractivity contribution in [1.29, 1.82) is 0 Å². The van der Waals surface area contributed by atoms with E-state index in [0.717, 1.165) is 30.0 Å². The lowest BCUT2D eigenvalue weighted by molar-refractivity contribution is 0.721. The minimum atomic E-state index is 0.537. The summed E-state index contributed by atoms with van der Waals surface area (Å²) in [7, 11) is 0. The maximum atomic E-state index is 5.90. The Morgan fingerprint density at radius 1 is 1.21 bits per heavy atom. The van der Waals surface area contributed by atoms with Crippen LogP contribution in [-0.2, 0) is 6.54 Å². The molecule has 0 spiro atoms. The van der Waals surface area contributed by atoms with Crippen molar-refractivity contribution in [3.63, 3.8) is 0 Å². The van der Waals surface area contributed by atoms with Gasteiger partial charge in [-0.3, -0.25) is 0 Å². The summed E-state index contributed by atoms with van der Waals surface area (Å²) in [5, 5.41) is 1.17. The van der Waals surface area contributed by atoms with Gasteiger partial charge in [0, 0.05) is 30.6 Å². The number of fused-ring (bicyclic) bond motifs is 1. The van der Waals surface area contributed by atoms with Crippen LogP contribution < -0.4 is 10.6 Å². The van der Waals surface area contributed by atoms with Gasteiger partial charge in [-0.25, -0.2) is 4.98 Å². The van der Waals surface area contributed by atoms with Gasteiger partial charge in [0.2, 0.25) is 0 Å². The van der Waals surface area contributed by atoms with Crippen LogP contribution in [0.3, 0.4) is 0 Å². The van der Waals surface area contributed by atoms with E-state index in [9.17, 15) is 0 Å². The zero-order valence-corrected chi connectivity index (χ0v) is 11.9. The Hall–Kier alpha value is -1.61. The lowest BCUT2D eigenvalue weighted by Crippen LogP contribution is -2.26. The molecule has 0 saturated heterocycles. The Bertz CT molecular complexity index is 537. The van der Waals surface area contributed by atoms with Crippen LogP contribution in [0.1, 0.15) is 32.3 Å². The maximum Gasteiger partial charge on any atom is 0.133 e. The zero-order chi connectivity index (χ0) is 13.7. The van der Waals surface area contributed by atoms with Crippen LogP contribution in [0.4, 0.5) is 5.82 Å². The quantitative estimate of drug-likeness (QED) is 0.863. The Balaban J connectivity index is 2.44. The third-order valence-corrected chi connectivity index (χ3v) is 3.46. The van der Waals surface area contributed by atoms with Crippen LogP contribution in [0.2, 0.25) is 0 Å². The fourth-order valence-electron chi connectivity index (χ4n) is 2.34. The van der Waals surface area contributed by atoms with Gasteiger partial charge in [-0.1, -0.05) is 31.5 Å². The van der Waals surface area contributed by atoms with Crippen LogP contribution >= 0.6 is 0 Å². The van der Waals surface area contributed by atoms with E-state index in [2.05, 4.69) is 36.9 Å². The molecule has 0 radical (unpaired) electrons. The molecule has 2 N–H and O–H groups in total. The second kappa shape index (κ2) is 6.53. The van der Waals surface area contributed by atoms with E-state index in [1.54, 1.807) is 0 Å². The number of anilines is 1. The van der Waals surface area contributed by atoms with Crippen molar-refractivity contribution in [1.82, 2.24) is 4.98 Å². The molecule has 0 bridgehead atoms. The van der Waals surface area contributed by atoms with E-state index < -0.39 is 0 Å². The molecular formula is C16H23N3. The molecule has 102 valence electrons. The number of nitrogens with zero attached hydrogens (tertiary/aromatic N) is 2. The predicted octanol–water partition coefficient (Wildman–Crippen LogP) is 3.32. The number of benzene rings is 1. The minimum Gasteiger partial charge on any atom is -0.357 e. The van der Waals surface area contributed by atoms with Crippen molar-refractivity contribution in [2.45, 2.75) is 33.2 Å². The summed E-state index contributed by atoms with van der Waals surface area (Å²) in [6.07, 6.45) is 2.38. The molecule has 0 unspecified atom stereocenters. The second-order valence-corrected chi connectivity index (χ2v) is 4.80. The average Bonchev–Trinajstić information content (AvgIpc) is 2.47. The first-order valence-corrected chi connectivity index (χ1v) is 7.13.